The van der Waals surface area contributed by atoms with Gasteiger partial charge in [-0.05, 0) is 60.2 Å². The largest absolute Gasteiger partial charge is 0.493 e. The number of carboxylic acid groups (broad SMARTS) is 1. The van der Waals surface area contributed by atoms with Crippen LogP contribution in [0.1, 0.15) is 36.3 Å². The van der Waals surface area contributed by atoms with Crippen LogP contribution in [0.3, 0.4) is 0 Å². The Bertz CT molecular complexity index is 1030. The molecule has 0 fully saturated rings. The molecule has 0 bridgehead atoms. The smallest absolute Gasteiger partial charge is 0.303 e. The van der Waals surface area contributed by atoms with Crippen molar-refractivity contribution in [2.24, 2.45) is 0 Å². The average Bonchev–Trinajstić information content (AvgIpc) is 3.44. The first-order chi connectivity index (χ1) is 15.1. The Morgan fingerprint density at radius 2 is 2.03 bits per heavy atom. The van der Waals surface area contributed by atoms with Crippen molar-refractivity contribution in [2.75, 3.05) is 20.3 Å². The van der Waals surface area contributed by atoms with E-state index in [2.05, 4.69) is 4.98 Å². The summed E-state index contributed by atoms with van der Waals surface area (Å²) < 4.78 is 17.2. The molecule has 2 aromatic carbocycles. The summed E-state index contributed by atoms with van der Waals surface area (Å²) in [5.74, 6) is 1.58. The second kappa shape index (κ2) is 9.83. The average molecular weight is 440 g/mol. The number of aryl methyl sites for hydroxylation is 1. The molecule has 1 aliphatic rings. The Morgan fingerprint density at radius 1 is 1.16 bits per heavy atom. The fourth-order valence-electron chi connectivity index (χ4n) is 3.91. The third kappa shape index (κ3) is 5.17. The number of hydrogen-bond acceptors (Lipinski definition) is 6. The van der Waals surface area contributed by atoms with Gasteiger partial charge < -0.3 is 19.3 Å². The van der Waals surface area contributed by atoms with Gasteiger partial charge in [0.15, 0.2) is 11.5 Å². The van der Waals surface area contributed by atoms with E-state index in [9.17, 15) is 4.79 Å². The van der Waals surface area contributed by atoms with E-state index in [0.717, 1.165) is 41.1 Å². The SMILES string of the molecule is COc1cc(-c2nccs2)ccc1OCCCOc1ccc2c(c1)CC[C@H]2CC(=O)O. The van der Waals surface area contributed by atoms with E-state index in [1.807, 2.05) is 41.8 Å². The van der Waals surface area contributed by atoms with Crippen molar-refractivity contribution >= 4 is 17.3 Å². The van der Waals surface area contributed by atoms with Crippen LogP contribution in [-0.2, 0) is 11.2 Å². The molecule has 0 radical (unpaired) electrons. The number of methoxy groups -OCH3 is 1. The molecular weight excluding hydrogens is 414 g/mol. The van der Waals surface area contributed by atoms with Gasteiger partial charge in [0.2, 0.25) is 0 Å². The summed E-state index contributed by atoms with van der Waals surface area (Å²) in [6.45, 7) is 1.05. The second-order valence-electron chi connectivity index (χ2n) is 7.45. The topological polar surface area (TPSA) is 77.9 Å². The van der Waals surface area contributed by atoms with Gasteiger partial charge in [-0.25, -0.2) is 4.98 Å². The monoisotopic (exact) mass is 439 g/mol. The molecule has 1 aromatic heterocycles. The molecular formula is C24H25NO5S. The zero-order valence-electron chi connectivity index (χ0n) is 17.4. The van der Waals surface area contributed by atoms with Crippen LogP contribution in [0.25, 0.3) is 10.6 Å². The lowest BCUT2D eigenvalue weighted by Gasteiger charge is -2.13. The first kappa shape index (κ1) is 21.2. The zero-order chi connectivity index (χ0) is 21.6. The highest BCUT2D eigenvalue weighted by atomic mass is 32.1. The first-order valence-corrected chi connectivity index (χ1v) is 11.2. The molecule has 1 heterocycles. The van der Waals surface area contributed by atoms with Crippen molar-refractivity contribution in [2.45, 2.75) is 31.6 Å². The molecule has 162 valence electrons. The summed E-state index contributed by atoms with van der Waals surface area (Å²) >= 11 is 1.58. The normalized spacial score (nSPS) is 14.8. The van der Waals surface area contributed by atoms with Gasteiger partial charge in [-0.1, -0.05) is 6.07 Å². The minimum atomic E-state index is -0.743. The molecule has 1 aliphatic carbocycles. The summed E-state index contributed by atoms with van der Waals surface area (Å²) in [4.78, 5) is 15.3. The molecule has 1 N–H and O–H groups in total. The van der Waals surface area contributed by atoms with Crippen molar-refractivity contribution < 1.29 is 24.1 Å². The Hall–Kier alpha value is -3.06. The quantitative estimate of drug-likeness (QED) is 0.439. The lowest BCUT2D eigenvalue weighted by Crippen LogP contribution is -2.06. The van der Waals surface area contributed by atoms with Gasteiger partial charge in [-0.15, -0.1) is 11.3 Å². The fraction of sp³-hybridized carbons (Fsp3) is 0.333. The molecule has 3 aromatic rings. The summed E-state index contributed by atoms with van der Waals surface area (Å²) in [6.07, 6.45) is 4.51. The second-order valence-corrected chi connectivity index (χ2v) is 8.34. The van der Waals surface area contributed by atoms with E-state index >= 15 is 0 Å². The number of carboxylic acids is 1. The molecule has 0 unspecified atom stereocenters. The van der Waals surface area contributed by atoms with Crippen LogP contribution >= 0.6 is 11.3 Å². The van der Waals surface area contributed by atoms with Crippen LogP contribution in [0.5, 0.6) is 17.2 Å². The van der Waals surface area contributed by atoms with Crippen molar-refractivity contribution in [3.63, 3.8) is 0 Å². The van der Waals surface area contributed by atoms with Crippen LogP contribution in [0.2, 0.25) is 0 Å². The van der Waals surface area contributed by atoms with Gasteiger partial charge in [-0.3, -0.25) is 4.79 Å². The Balaban J connectivity index is 1.26. The minimum Gasteiger partial charge on any atom is -0.493 e. The number of benzene rings is 2. The summed E-state index contributed by atoms with van der Waals surface area (Å²) in [7, 11) is 1.63. The van der Waals surface area contributed by atoms with Gasteiger partial charge in [0.05, 0.1) is 26.7 Å². The summed E-state index contributed by atoms with van der Waals surface area (Å²) in [6, 6.07) is 11.8. The van der Waals surface area contributed by atoms with Crippen molar-refractivity contribution in [3.05, 3.63) is 59.1 Å². The standard InChI is InChI=1S/C24H25NO5S/c1-28-22-14-18(24-25-9-12-31-24)5-8-21(22)30-11-2-10-29-19-6-7-20-16(13-19)3-4-17(20)15-23(26)27/h5-9,12-14,17H,2-4,10-11,15H2,1H3,(H,26,27)/t17-/m0/s1. The number of nitrogens with zero attached hydrogens (tertiary/aromatic N) is 1. The summed E-state index contributed by atoms with van der Waals surface area (Å²) in [5.41, 5.74) is 3.35. The van der Waals surface area contributed by atoms with Gasteiger partial charge in [-0.2, -0.15) is 0 Å². The number of ether oxygens (including phenoxy) is 3. The van der Waals surface area contributed by atoms with Crippen molar-refractivity contribution in [1.29, 1.82) is 0 Å². The molecule has 4 rings (SSSR count). The molecule has 0 spiro atoms. The number of rotatable bonds is 10. The molecule has 1 atom stereocenters. The molecule has 0 saturated heterocycles. The summed E-state index contributed by atoms with van der Waals surface area (Å²) in [5, 5.41) is 11.9. The number of aliphatic carboxylic acids is 1. The number of carbonyl (C=O) groups is 1. The molecule has 0 amide bonds. The van der Waals surface area contributed by atoms with Gasteiger partial charge >= 0.3 is 5.97 Å². The van der Waals surface area contributed by atoms with Gasteiger partial charge in [0.25, 0.3) is 0 Å². The fourth-order valence-corrected chi connectivity index (χ4v) is 4.55. The molecule has 0 aliphatic heterocycles. The van der Waals surface area contributed by atoms with Crippen LogP contribution in [0.4, 0.5) is 0 Å². The molecule has 7 heteroatoms. The lowest BCUT2D eigenvalue weighted by atomic mass is 9.98. The Morgan fingerprint density at radius 3 is 2.81 bits per heavy atom. The number of aromatic nitrogens is 1. The predicted octanol–water partition coefficient (Wildman–Crippen LogP) is 5.17. The van der Waals surface area contributed by atoms with E-state index in [0.29, 0.717) is 24.7 Å². The van der Waals surface area contributed by atoms with Crippen LogP contribution in [0, 0.1) is 0 Å². The van der Waals surface area contributed by atoms with E-state index < -0.39 is 5.97 Å². The maximum absolute atomic E-state index is 11.0. The highest BCUT2D eigenvalue weighted by molar-refractivity contribution is 7.13. The van der Waals surface area contributed by atoms with Crippen LogP contribution in [-0.4, -0.2) is 36.4 Å². The maximum Gasteiger partial charge on any atom is 0.303 e. The van der Waals surface area contributed by atoms with Gasteiger partial charge in [0.1, 0.15) is 10.8 Å². The zero-order valence-corrected chi connectivity index (χ0v) is 18.2. The van der Waals surface area contributed by atoms with E-state index in [1.54, 1.807) is 24.6 Å². The van der Waals surface area contributed by atoms with E-state index in [-0.39, 0.29) is 12.3 Å². The number of hydrogen-bond donors (Lipinski definition) is 1. The van der Waals surface area contributed by atoms with E-state index in [4.69, 9.17) is 19.3 Å². The molecule has 31 heavy (non-hydrogen) atoms. The van der Waals surface area contributed by atoms with Crippen molar-refractivity contribution in [1.82, 2.24) is 4.98 Å². The van der Waals surface area contributed by atoms with Gasteiger partial charge in [0, 0.05) is 23.6 Å². The van der Waals surface area contributed by atoms with Crippen molar-refractivity contribution in [3.8, 4) is 27.8 Å². The number of fused-ring (bicyclic) bond motifs is 1. The highest BCUT2D eigenvalue weighted by Gasteiger charge is 2.24. The Labute approximate surface area is 185 Å². The number of thiazole rings is 1. The minimum absolute atomic E-state index is 0.118. The maximum atomic E-state index is 11.0. The Kier molecular flexibility index (Phi) is 6.72. The van der Waals surface area contributed by atoms with Crippen LogP contribution in [0.15, 0.2) is 48.0 Å². The third-order valence-electron chi connectivity index (χ3n) is 5.40. The first-order valence-electron chi connectivity index (χ1n) is 10.3. The van der Waals surface area contributed by atoms with Crippen LogP contribution < -0.4 is 14.2 Å². The molecule has 0 saturated carbocycles. The predicted molar refractivity (Wildman–Crippen MR) is 119 cm³/mol. The third-order valence-corrected chi connectivity index (χ3v) is 6.22. The lowest BCUT2D eigenvalue weighted by molar-refractivity contribution is -0.137. The highest BCUT2D eigenvalue weighted by Crippen LogP contribution is 2.37. The van der Waals surface area contributed by atoms with E-state index in [1.165, 1.54) is 5.56 Å². The molecule has 6 nitrogen and oxygen atoms in total.